The molecule has 0 spiro atoms. The number of carbonyl (C=O) groups is 2. The highest BCUT2D eigenvalue weighted by Crippen LogP contribution is 2.33. The number of aromatic nitrogens is 2. The zero-order valence-corrected chi connectivity index (χ0v) is 27.8. The summed E-state index contributed by atoms with van der Waals surface area (Å²) >= 11 is 6.46. The number of hydrogen-bond acceptors (Lipinski definition) is 10. The predicted molar refractivity (Wildman–Crippen MR) is 180 cm³/mol. The van der Waals surface area contributed by atoms with Gasteiger partial charge in [-0.1, -0.05) is 29.8 Å². The molecule has 0 radical (unpaired) electrons. The number of sulfone groups is 1. The Morgan fingerprint density at radius 1 is 0.979 bits per heavy atom. The van der Waals surface area contributed by atoms with Crippen LogP contribution in [-0.2, 0) is 21.1 Å². The molecule has 1 N–H and O–H groups in total. The van der Waals surface area contributed by atoms with E-state index in [-0.39, 0.29) is 29.6 Å². The van der Waals surface area contributed by atoms with Gasteiger partial charge in [-0.25, -0.2) is 28.0 Å². The summed E-state index contributed by atoms with van der Waals surface area (Å²) in [5.74, 6) is 0.964. The summed E-state index contributed by atoms with van der Waals surface area (Å²) in [7, 11) is -3.32. The third-order valence-corrected chi connectivity index (χ3v) is 7.94. The lowest BCUT2D eigenvalue weighted by atomic mass is 10.1. The van der Waals surface area contributed by atoms with E-state index in [0.717, 1.165) is 11.8 Å². The van der Waals surface area contributed by atoms with Gasteiger partial charge in [0.2, 0.25) is 0 Å². The standard InChI is InChI=1S/C34H33ClN4O7S/c1-34(2,3)46-33(41)39(16-17-47(4,42)43)20-25-12-15-29(44-25)23-10-13-28-26(18-23)31(37-21-36-28)38-24-11-14-30(27(35)19-24)45-32(40)22-8-6-5-7-9-22/h5-15,18-19,21H,16-17,20H2,1-4H3,(H,36,37,38). The highest BCUT2D eigenvalue weighted by Gasteiger charge is 2.24. The van der Waals surface area contributed by atoms with Crippen LogP contribution in [-0.4, -0.2) is 59.5 Å². The predicted octanol–water partition coefficient (Wildman–Crippen LogP) is 7.29. The number of furan rings is 1. The maximum absolute atomic E-state index is 12.9. The Morgan fingerprint density at radius 2 is 1.74 bits per heavy atom. The van der Waals surface area contributed by atoms with Crippen molar-refractivity contribution in [2.45, 2.75) is 32.9 Å². The van der Waals surface area contributed by atoms with Crippen LogP contribution in [0.3, 0.4) is 0 Å². The number of carbonyl (C=O) groups excluding carboxylic acids is 2. The fourth-order valence-corrected chi connectivity index (χ4v) is 5.26. The quantitative estimate of drug-likeness (QED) is 0.118. The largest absolute Gasteiger partial charge is 0.459 e. The van der Waals surface area contributed by atoms with Gasteiger partial charge >= 0.3 is 12.1 Å². The van der Waals surface area contributed by atoms with Gasteiger partial charge in [0.05, 0.1) is 28.4 Å². The van der Waals surface area contributed by atoms with Gasteiger partial charge in [-0.2, -0.15) is 0 Å². The van der Waals surface area contributed by atoms with Crippen molar-refractivity contribution in [2.24, 2.45) is 0 Å². The molecule has 0 aliphatic heterocycles. The Bertz CT molecular complexity index is 2030. The first-order valence-corrected chi connectivity index (χ1v) is 17.0. The number of rotatable bonds is 10. The second-order valence-corrected chi connectivity index (χ2v) is 14.4. The Morgan fingerprint density at radius 3 is 2.45 bits per heavy atom. The van der Waals surface area contributed by atoms with E-state index in [1.807, 2.05) is 24.3 Å². The number of hydrogen-bond donors (Lipinski definition) is 1. The van der Waals surface area contributed by atoms with Crippen molar-refractivity contribution in [3.8, 4) is 17.1 Å². The van der Waals surface area contributed by atoms with Crippen LogP contribution in [0.25, 0.3) is 22.2 Å². The smallest absolute Gasteiger partial charge is 0.410 e. The van der Waals surface area contributed by atoms with E-state index < -0.39 is 27.5 Å². The van der Waals surface area contributed by atoms with Gasteiger partial charge in [0.1, 0.15) is 44.9 Å². The van der Waals surface area contributed by atoms with Gasteiger partial charge < -0.3 is 19.2 Å². The molecule has 0 atom stereocenters. The average Bonchev–Trinajstić information content (AvgIpc) is 3.48. The molecular weight excluding hydrogens is 644 g/mol. The number of esters is 1. The first kappa shape index (κ1) is 33.4. The minimum atomic E-state index is -3.32. The molecule has 2 heterocycles. The van der Waals surface area contributed by atoms with Gasteiger partial charge in [0, 0.05) is 29.4 Å². The van der Waals surface area contributed by atoms with E-state index in [2.05, 4.69) is 15.3 Å². The summed E-state index contributed by atoms with van der Waals surface area (Å²) in [5.41, 5.74) is 1.66. The van der Waals surface area contributed by atoms with E-state index in [4.69, 9.17) is 25.5 Å². The van der Waals surface area contributed by atoms with Crippen molar-refractivity contribution >= 4 is 55.9 Å². The van der Waals surface area contributed by atoms with Crippen LogP contribution >= 0.6 is 11.6 Å². The Hall–Kier alpha value is -4.94. The lowest BCUT2D eigenvalue weighted by Crippen LogP contribution is -2.38. The molecule has 244 valence electrons. The SMILES string of the molecule is CC(C)(C)OC(=O)N(CCS(C)(=O)=O)Cc1ccc(-c2ccc3ncnc(Nc4ccc(OC(=O)c5ccccc5)c(Cl)c4)c3c2)o1. The molecule has 47 heavy (non-hydrogen) atoms. The van der Waals surface area contributed by atoms with Gasteiger partial charge in [-0.15, -0.1) is 0 Å². The Balaban J connectivity index is 1.34. The molecule has 2 aromatic heterocycles. The number of nitrogens with one attached hydrogen (secondary N) is 1. The molecule has 0 saturated heterocycles. The monoisotopic (exact) mass is 676 g/mol. The summed E-state index contributed by atoms with van der Waals surface area (Å²) in [6.07, 6.45) is 1.92. The second-order valence-electron chi connectivity index (χ2n) is 11.8. The molecule has 11 nitrogen and oxygen atoms in total. The number of halogens is 1. The number of benzene rings is 3. The van der Waals surface area contributed by atoms with E-state index in [1.165, 1.54) is 11.2 Å². The lowest BCUT2D eigenvalue weighted by molar-refractivity contribution is 0.0234. The minimum absolute atomic E-state index is 0.0192. The van der Waals surface area contributed by atoms with Gasteiger partial charge in [-0.3, -0.25) is 4.90 Å². The fourth-order valence-electron chi connectivity index (χ4n) is 4.48. The fraction of sp³-hybridized carbons (Fsp3) is 0.235. The Labute approximate surface area is 277 Å². The van der Waals surface area contributed by atoms with Crippen LogP contribution in [0, 0.1) is 0 Å². The highest BCUT2D eigenvalue weighted by atomic mass is 35.5. The van der Waals surface area contributed by atoms with Crippen molar-refractivity contribution < 1.29 is 31.9 Å². The van der Waals surface area contributed by atoms with Crippen LogP contribution < -0.4 is 10.1 Å². The van der Waals surface area contributed by atoms with Crippen LogP contribution in [0.1, 0.15) is 36.9 Å². The van der Waals surface area contributed by atoms with Crippen LogP contribution in [0.15, 0.2) is 89.6 Å². The molecular formula is C34H33ClN4O7S. The lowest BCUT2D eigenvalue weighted by Gasteiger charge is -2.26. The average molecular weight is 677 g/mol. The Kier molecular flexibility index (Phi) is 9.83. The molecule has 0 aliphatic carbocycles. The minimum Gasteiger partial charge on any atom is -0.459 e. The molecule has 13 heteroatoms. The van der Waals surface area contributed by atoms with Crippen molar-refractivity contribution in [3.05, 3.63) is 102 Å². The number of amides is 1. The molecule has 5 aromatic rings. The van der Waals surface area contributed by atoms with Gasteiger partial charge in [0.25, 0.3) is 0 Å². The van der Waals surface area contributed by atoms with Crippen LogP contribution in [0.4, 0.5) is 16.3 Å². The molecule has 3 aromatic carbocycles. The number of anilines is 2. The van der Waals surface area contributed by atoms with Crippen molar-refractivity contribution in [3.63, 3.8) is 0 Å². The molecule has 1 amide bonds. The molecule has 5 rings (SSSR count). The van der Waals surface area contributed by atoms with Crippen LogP contribution in [0.5, 0.6) is 5.75 Å². The molecule has 0 unspecified atom stereocenters. The summed E-state index contributed by atoms with van der Waals surface area (Å²) < 4.78 is 40.7. The number of ether oxygens (including phenoxy) is 2. The van der Waals surface area contributed by atoms with Crippen LogP contribution in [0.2, 0.25) is 5.02 Å². The number of nitrogens with zero attached hydrogens (tertiary/aromatic N) is 3. The zero-order valence-electron chi connectivity index (χ0n) is 26.2. The third-order valence-electron chi connectivity index (χ3n) is 6.72. The highest BCUT2D eigenvalue weighted by molar-refractivity contribution is 7.90. The zero-order chi connectivity index (χ0) is 33.8. The number of fused-ring (bicyclic) bond motifs is 1. The molecule has 0 aliphatic rings. The molecule has 0 bridgehead atoms. The van der Waals surface area contributed by atoms with E-state index in [0.29, 0.717) is 39.5 Å². The van der Waals surface area contributed by atoms with E-state index >= 15 is 0 Å². The summed E-state index contributed by atoms with van der Waals surface area (Å²) in [6, 6.07) is 22.6. The van der Waals surface area contributed by atoms with Crippen molar-refractivity contribution in [1.82, 2.24) is 14.9 Å². The first-order chi connectivity index (χ1) is 22.2. The third kappa shape index (κ3) is 9.08. The van der Waals surface area contributed by atoms with E-state index in [9.17, 15) is 18.0 Å². The summed E-state index contributed by atoms with van der Waals surface area (Å²) in [4.78, 5) is 35.4. The summed E-state index contributed by atoms with van der Waals surface area (Å²) in [6.45, 7) is 5.19. The molecule has 0 saturated carbocycles. The second kappa shape index (κ2) is 13.8. The maximum Gasteiger partial charge on any atom is 0.410 e. The van der Waals surface area contributed by atoms with Gasteiger partial charge in [0.15, 0.2) is 0 Å². The normalized spacial score (nSPS) is 11.7. The van der Waals surface area contributed by atoms with Crippen molar-refractivity contribution in [1.29, 1.82) is 0 Å². The molecule has 0 fully saturated rings. The van der Waals surface area contributed by atoms with E-state index in [1.54, 1.807) is 75.4 Å². The summed E-state index contributed by atoms with van der Waals surface area (Å²) in [5, 5.41) is 4.18. The van der Waals surface area contributed by atoms with Gasteiger partial charge in [-0.05, 0) is 81.4 Å². The topological polar surface area (TPSA) is 141 Å². The first-order valence-electron chi connectivity index (χ1n) is 14.6. The van der Waals surface area contributed by atoms with Crippen molar-refractivity contribution in [2.75, 3.05) is 23.9 Å². The maximum atomic E-state index is 12.9.